The fourth-order valence-electron chi connectivity index (χ4n) is 2.89. The summed E-state index contributed by atoms with van der Waals surface area (Å²) in [7, 11) is -3.63. The SMILES string of the molecule is O=C(COc1ccc(S(=O)(=O)NC2CCCC2)cc1Cl)NCc1ccco1. The van der Waals surface area contributed by atoms with Gasteiger partial charge in [0.25, 0.3) is 5.91 Å². The van der Waals surface area contributed by atoms with E-state index in [1.165, 1.54) is 24.5 Å². The van der Waals surface area contributed by atoms with E-state index in [0.29, 0.717) is 5.76 Å². The van der Waals surface area contributed by atoms with Gasteiger partial charge >= 0.3 is 0 Å². The second-order valence-corrected chi connectivity index (χ2v) is 8.46. The molecule has 0 aliphatic heterocycles. The van der Waals surface area contributed by atoms with E-state index in [4.69, 9.17) is 20.8 Å². The summed E-state index contributed by atoms with van der Waals surface area (Å²) in [6.07, 6.45) is 5.28. The molecular weight excluding hydrogens is 392 g/mol. The van der Waals surface area contributed by atoms with Gasteiger partial charge in [-0.1, -0.05) is 24.4 Å². The molecule has 1 aromatic carbocycles. The first-order valence-electron chi connectivity index (χ1n) is 8.68. The number of hydrogen-bond acceptors (Lipinski definition) is 5. The number of furan rings is 1. The zero-order valence-corrected chi connectivity index (χ0v) is 16.2. The summed E-state index contributed by atoms with van der Waals surface area (Å²) in [5, 5.41) is 2.77. The minimum atomic E-state index is -3.63. The van der Waals surface area contributed by atoms with E-state index in [1.807, 2.05) is 0 Å². The van der Waals surface area contributed by atoms with Crippen LogP contribution in [0.3, 0.4) is 0 Å². The molecule has 1 aliphatic carbocycles. The molecular formula is C18H21ClN2O5S. The van der Waals surface area contributed by atoms with Crippen LogP contribution >= 0.6 is 11.6 Å². The van der Waals surface area contributed by atoms with Crippen LogP contribution in [-0.4, -0.2) is 27.0 Å². The van der Waals surface area contributed by atoms with Crippen molar-refractivity contribution in [2.24, 2.45) is 0 Å². The average Bonchev–Trinajstić information content (AvgIpc) is 3.32. The number of carbonyl (C=O) groups is 1. The van der Waals surface area contributed by atoms with Crippen molar-refractivity contribution >= 4 is 27.5 Å². The third-order valence-electron chi connectivity index (χ3n) is 4.29. The summed E-state index contributed by atoms with van der Waals surface area (Å²) in [5.74, 6) is 0.525. The van der Waals surface area contributed by atoms with Crippen molar-refractivity contribution in [2.75, 3.05) is 6.61 Å². The van der Waals surface area contributed by atoms with Crippen LogP contribution in [-0.2, 0) is 21.4 Å². The molecule has 3 rings (SSSR count). The van der Waals surface area contributed by atoms with Crippen LogP contribution in [0.4, 0.5) is 0 Å². The molecule has 1 fully saturated rings. The molecule has 7 nitrogen and oxygen atoms in total. The number of hydrogen-bond donors (Lipinski definition) is 2. The van der Waals surface area contributed by atoms with Gasteiger partial charge in [0, 0.05) is 6.04 Å². The molecule has 0 bridgehead atoms. The number of rotatable bonds is 8. The summed E-state index contributed by atoms with van der Waals surface area (Å²) < 4.78 is 38.1. The van der Waals surface area contributed by atoms with Crippen LogP contribution in [0.2, 0.25) is 5.02 Å². The van der Waals surface area contributed by atoms with Crippen molar-refractivity contribution in [3.8, 4) is 5.75 Å². The van der Waals surface area contributed by atoms with Gasteiger partial charge in [0.15, 0.2) is 6.61 Å². The number of amides is 1. The fourth-order valence-corrected chi connectivity index (χ4v) is 4.52. The Morgan fingerprint density at radius 3 is 2.70 bits per heavy atom. The molecule has 27 heavy (non-hydrogen) atoms. The quantitative estimate of drug-likeness (QED) is 0.694. The van der Waals surface area contributed by atoms with Crippen molar-refractivity contribution in [2.45, 2.75) is 43.2 Å². The van der Waals surface area contributed by atoms with Gasteiger partial charge in [-0.05, 0) is 43.2 Å². The van der Waals surface area contributed by atoms with E-state index in [9.17, 15) is 13.2 Å². The van der Waals surface area contributed by atoms with E-state index >= 15 is 0 Å². The van der Waals surface area contributed by atoms with Crippen LogP contribution in [0.25, 0.3) is 0 Å². The molecule has 9 heteroatoms. The third kappa shape index (κ3) is 5.47. The van der Waals surface area contributed by atoms with Gasteiger partial charge in [-0.25, -0.2) is 13.1 Å². The van der Waals surface area contributed by atoms with Gasteiger partial charge in [0.1, 0.15) is 11.5 Å². The second kappa shape index (κ2) is 8.77. The number of sulfonamides is 1. The number of ether oxygens (including phenoxy) is 1. The van der Waals surface area contributed by atoms with Gasteiger partial charge in [-0.15, -0.1) is 0 Å². The molecule has 2 N–H and O–H groups in total. The highest BCUT2D eigenvalue weighted by atomic mass is 35.5. The smallest absolute Gasteiger partial charge is 0.258 e. The maximum atomic E-state index is 12.4. The number of halogens is 1. The van der Waals surface area contributed by atoms with Crippen molar-refractivity contribution in [3.05, 3.63) is 47.4 Å². The Labute approximate surface area is 163 Å². The largest absolute Gasteiger partial charge is 0.482 e. The number of nitrogens with one attached hydrogen (secondary N) is 2. The molecule has 2 aromatic rings. The molecule has 1 saturated carbocycles. The van der Waals surface area contributed by atoms with E-state index in [0.717, 1.165) is 25.7 Å². The average molecular weight is 413 g/mol. The fraction of sp³-hybridized carbons (Fsp3) is 0.389. The van der Waals surface area contributed by atoms with Gasteiger partial charge in [-0.3, -0.25) is 4.79 Å². The van der Waals surface area contributed by atoms with Gasteiger partial charge in [-0.2, -0.15) is 0 Å². The lowest BCUT2D eigenvalue weighted by molar-refractivity contribution is -0.123. The zero-order chi connectivity index (χ0) is 19.3. The van der Waals surface area contributed by atoms with Gasteiger partial charge < -0.3 is 14.5 Å². The molecule has 1 heterocycles. The summed E-state index contributed by atoms with van der Waals surface area (Å²) in [6, 6.07) is 7.65. The highest BCUT2D eigenvalue weighted by Crippen LogP contribution is 2.28. The monoisotopic (exact) mass is 412 g/mol. The standard InChI is InChI=1S/C18H21ClN2O5S/c19-16-10-15(27(23,24)21-13-4-1-2-5-13)7-8-17(16)26-12-18(22)20-11-14-6-3-9-25-14/h3,6-10,13,21H,1-2,4-5,11-12H2,(H,20,22). The molecule has 0 saturated heterocycles. The minimum absolute atomic E-state index is 0.0254. The van der Waals surface area contributed by atoms with E-state index in [-0.39, 0.29) is 40.8 Å². The summed E-state index contributed by atoms with van der Waals surface area (Å²) in [4.78, 5) is 11.9. The zero-order valence-electron chi connectivity index (χ0n) is 14.6. The molecule has 146 valence electrons. The predicted octanol–water partition coefficient (Wildman–Crippen LogP) is 2.85. The molecule has 1 aromatic heterocycles. The Morgan fingerprint density at radius 2 is 2.04 bits per heavy atom. The maximum absolute atomic E-state index is 12.4. The Kier molecular flexibility index (Phi) is 6.41. The molecule has 1 amide bonds. The summed E-state index contributed by atoms with van der Waals surface area (Å²) >= 11 is 6.13. The summed E-state index contributed by atoms with van der Waals surface area (Å²) in [5.41, 5.74) is 0. The van der Waals surface area contributed by atoms with Crippen molar-refractivity contribution < 1.29 is 22.4 Å². The predicted molar refractivity (Wildman–Crippen MR) is 100 cm³/mol. The topological polar surface area (TPSA) is 97.6 Å². The van der Waals surface area contributed by atoms with Crippen LogP contribution < -0.4 is 14.8 Å². The Morgan fingerprint density at radius 1 is 1.26 bits per heavy atom. The highest BCUT2D eigenvalue weighted by Gasteiger charge is 2.23. The van der Waals surface area contributed by atoms with Crippen molar-refractivity contribution in [1.82, 2.24) is 10.0 Å². The lowest BCUT2D eigenvalue weighted by atomic mass is 10.3. The second-order valence-electron chi connectivity index (χ2n) is 6.34. The van der Waals surface area contributed by atoms with Crippen molar-refractivity contribution in [3.63, 3.8) is 0 Å². The Hall–Kier alpha value is -2.03. The Balaban J connectivity index is 1.55. The maximum Gasteiger partial charge on any atom is 0.258 e. The first-order chi connectivity index (χ1) is 12.9. The Bertz CT molecular complexity index is 877. The molecule has 0 atom stereocenters. The summed E-state index contributed by atoms with van der Waals surface area (Å²) in [6.45, 7) is 0.0137. The lowest BCUT2D eigenvalue weighted by Gasteiger charge is -2.14. The van der Waals surface area contributed by atoms with Crippen LogP contribution in [0.1, 0.15) is 31.4 Å². The first-order valence-corrected chi connectivity index (χ1v) is 10.5. The molecule has 1 aliphatic rings. The van der Waals surface area contributed by atoms with E-state index in [1.54, 1.807) is 12.1 Å². The van der Waals surface area contributed by atoms with Gasteiger partial charge in [0.05, 0.1) is 22.7 Å². The lowest BCUT2D eigenvalue weighted by Crippen LogP contribution is -2.32. The van der Waals surface area contributed by atoms with Crippen molar-refractivity contribution in [1.29, 1.82) is 0 Å². The number of benzene rings is 1. The first kappa shape index (κ1) is 19.7. The van der Waals surface area contributed by atoms with E-state index in [2.05, 4.69) is 10.0 Å². The van der Waals surface area contributed by atoms with Crippen LogP contribution in [0.5, 0.6) is 5.75 Å². The van der Waals surface area contributed by atoms with Crippen LogP contribution in [0, 0.1) is 0 Å². The highest BCUT2D eigenvalue weighted by molar-refractivity contribution is 7.89. The molecule has 0 unspecified atom stereocenters. The van der Waals surface area contributed by atoms with Crippen LogP contribution in [0.15, 0.2) is 45.9 Å². The van der Waals surface area contributed by atoms with E-state index < -0.39 is 10.0 Å². The van der Waals surface area contributed by atoms with Gasteiger partial charge in [0.2, 0.25) is 10.0 Å². The minimum Gasteiger partial charge on any atom is -0.482 e. The normalized spacial score (nSPS) is 15.0. The number of carbonyl (C=O) groups excluding carboxylic acids is 1. The molecule has 0 spiro atoms. The molecule has 0 radical (unpaired) electrons. The third-order valence-corrected chi connectivity index (χ3v) is 6.10.